The Morgan fingerprint density at radius 3 is 2.05 bits per heavy atom. The lowest BCUT2D eigenvalue weighted by Crippen LogP contribution is -2.54. The molecule has 1 atom stereocenters. The third-order valence-electron chi connectivity index (χ3n) is 11.6. The molecule has 1 aliphatic heterocycles. The number of hydrogen-bond donors (Lipinski definition) is 3. The van der Waals surface area contributed by atoms with Crippen LogP contribution in [0.2, 0.25) is 0 Å². The van der Waals surface area contributed by atoms with Gasteiger partial charge in [-0.1, -0.05) is 116 Å². The highest BCUT2D eigenvalue weighted by Crippen LogP contribution is 2.32. The summed E-state index contributed by atoms with van der Waals surface area (Å²) < 4.78 is 50.4. The van der Waals surface area contributed by atoms with Crippen LogP contribution in [0.15, 0.2) is 24.4 Å². The van der Waals surface area contributed by atoms with Gasteiger partial charge in [-0.15, -0.1) is 0 Å². The number of amides is 1. The van der Waals surface area contributed by atoms with E-state index in [2.05, 4.69) is 39.3 Å². The molecular formula is C45H74F3N9O2. The Morgan fingerprint density at radius 2 is 1.44 bits per heavy atom. The van der Waals surface area contributed by atoms with Crippen LogP contribution >= 0.6 is 0 Å². The molecule has 0 radical (unpaired) electrons. The minimum absolute atomic E-state index is 0.00701. The predicted octanol–water partition coefficient (Wildman–Crippen LogP) is 10.3. The number of nitrogens with one attached hydrogen (secondary N) is 2. The molecule has 1 amide bonds. The van der Waals surface area contributed by atoms with Crippen LogP contribution in [-0.2, 0) is 11.3 Å². The maximum Gasteiger partial charge on any atom is 0.404 e. The largest absolute Gasteiger partial charge is 0.496 e. The van der Waals surface area contributed by atoms with E-state index in [9.17, 15) is 18.0 Å². The summed E-state index contributed by atoms with van der Waals surface area (Å²) in [6, 6.07) is 4.41. The molecule has 3 aromatic rings. The molecule has 3 heterocycles. The van der Waals surface area contributed by atoms with Crippen LogP contribution in [-0.4, -0.2) is 89.2 Å². The summed E-state index contributed by atoms with van der Waals surface area (Å²) in [6.45, 7) is 7.56. The van der Waals surface area contributed by atoms with E-state index < -0.39 is 12.2 Å². The number of methoxy groups -OCH3 is 1. The number of rotatable bonds is 30. The fraction of sp³-hybridized carbons (Fsp3) is 0.733. The van der Waals surface area contributed by atoms with Gasteiger partial charge in [-0.25, -0.2) is 4.98 Å². The number of nitrogens with zero attached hydrogens (tertiary/aromatic N) is 6. The number of ether oxygens (including phenoxy) is 1. The molecule has 1 unspecified atom stereocenters. The quantitative estimate of drug-likeness (QED) is 0.0563. The van der Waals surface area contributed by atoms with Crippen molar-refractivity contribution >= 4 is 34.4 Å². The van der Waals surface area contributed by atoms with Gasteiger partial charge >= 0.3 is 6.18 Å². The lowest BCUT2D eigenvalue weighted by atomic mass is 10.0. The molecule has 0 aliphatic carbocycles. The predicted molar refractivity (Wildman–Crippen MR) is 235 cm³/mol. The molecule has 1 aromatic carbocycles. The highest BCUT2D eigenvalue weighted by atomic mass is 19.4. The lowest BCUT2D eigenvalue weighted by Gasteiger charge is -2.41. The Labute approximate surface area is 351 Å². The van der Waals surface area contributed by atoms with Crippen molar-refractivity contribution in [3.05, 3.63) is 30.0 Å². The molecule has 1 fully saturated rings. The second kappa shape index (κ2) is 26.4. The molecule has 59 heavy (non-hydrogen) atoms. The first-order valence-corrected chi connectivity index (χ1v) is 22.9. The minimum atomic E-state index is -4.31. The summed E-state index contributed by atoms with van der Waals surface area (Å²) in [5, 5.41) is 11.0. The van der Waals surface area contributed by atoms with Gasteiger partial charge in [0.15, 0.2) is 11.3 Å². The molecule has 332 valence electrons. The molecule has 11 nitrogen and oxygen atoms in total. The normalized spacial score (nSPS) is 14.2. The summed E-state index contributed by atoms with van der Waals surface area (Å²) in [7, 11) is 1.61. The van der Waals surface area contributed by atoms with Crippen molar-refractivity contribution in [2.24, 2.45) is 0 Å². The summed E-state index contributed by atoms with van der Waals surface area (Å²) in [4.78, 5) is 24.7. The van der Waals surface area contributed by atoms with Crippen molar-refractivity contribution in [2.75, 3.05) is 62.3 Å². The van der Waals surface area contributed by atoms with Gasteiger partial charge in [0.25, 0.3) is 0 Å². The Balaban J connectivity index is 1.11. The van der Waals surface area contributed by atoms with Crippen LogP contribution in [0.1, 0.15) is 154 Å². The number of piperazine rings is 1. The zero-order chi connectivity index (χ0) is 42.3. The van der Waals surface area contributed by atoms with E-state index in [4.69, 9.17) is 15.6 Å². The van der Waals surface area contributed by atoms with Gasteiger partial charge in [0.05, 0.1) is 19.9 Å². The van der Waals surface area contributed by atoms with Crippen LogP contribution in [0.25, 0.3) is 11.0 Å². The Kier molecular flexibility index (Phi) is 21.4. The van der Waals surface area contributed by atoms with E-state index in [1.807, 2.05) is 24.4 Å². The van der Waals surface area contributed by atoms with Crippen LogP contribution in [0.3, 0.4) is 0 Å². The molecule has 1 saturated heterocycles. The first-order valence-electron chi connectivity index (χ1n) is 22.9. The number of carbonyl (C=O) groups is 1. The summed E-state index contributed by atoms with van der Waals surface area (Å²) in [5.41, 5.74) is 9.06. The number of anilines is 3. The molecule has 0 spiro atoms. The fourth-order valence-electron chi connectivity index (χ4n) is 8.08. The molecular weight excluding hydrogens is 756 g/mol. The SMILES string of the molecule is CCCCCCCCCCCCCCCCCC(=O)NCCCCC(N1CCN(c2ccc(Cn3cc4nc(N)nc(NCCCC)c4n3)c(OC)c2)CC1)C(F)(F)F. The topological polar surface area (TPSA) is 126 Å². The van der Waals surface area contributed by atoms with Gasteiger partial charge in [-0.2, -0.15) is 23.3 Å². The summed E-state index contributed by atoms with van der Waals surface area (Å²) in [6.07, 6.45) is 20.2. The van der Waals surface area contributed by atoms with Gasteiger partial charge < -0.3 is 26.0 Å². The average molecular weight is 830 g/mol. The van der Waals surface area contributed by atoms with Crippen LogP contribution in [0.4, 0.5) is 30.6 Å². The van der Waals surface area contributed by atoms with Crippen molar-refractivity contribution in [3.8, 4) is 5.75 Å². The number of benzene rings is 1. The molecule has 0 bridgehead atoms. The summed E-state index contributed by atoms with van der Waals surface area (Å²) in [5.74, 6) is 1.47. The van der Waals surface area contributed by atoms with E-state index in [-0.39, 0.29) is 18.3 Å². The summed E-state index contributed by atoms with van der Waals surface area (Å²) >= 11 is 0. The molecule has 4 N–H and O–H groups in total. The van der Waals surface area contributed by atoms with E-state index in [0.717, 1.165) is 49.9 Å². The van der Waals surface area contributed by atoms with Gasteiger partial charge in [-0.3, -0.25) is 14.4 Å². The second-order valence-corrected chi connectivity index (χ2v) is 16.4. The van der Waals surface area contributed by atoms with Gasteiger partial charge in [0.1, 0.15) is 17.3 Å². The van der Waals surface area contributed by atoms with E-state index in [1.54, 1.807) is 16.7 Å². The minimum Gasteiger partial charge on any atom is -0.496 e. The van der Waals surface area contributed by atoms with Gasteiger partial charge in [-0.05, 0) is 38.2 Å². The third kappa shape index (κ3) is 17.0. The zero-order valence-corrected chi connectivity index (χ0v) is 36.4. The lowest BCUT2D eigenvalue weighted by molar-refractivity contribution is -0.186. The number of hydrogen-bond acceptors (Lipinski definition) is 9. The van der Waals surface area contributed by atoms with Crippen molar-refractivity contribution in [1.29, 1.82) is 0 Å². The fourth-order valence-corrected chi connectivity index (χ4v) is 8.08. The van der Waals surface area contributed by atoms with Gasteiger partial charge in [0, 0.05) is 63.0 Å². The van der Waals surface area contributed by atoms with E-state index in [1.165, 1.54) is 77.0 Å². The number of halogens is 3. The third-order valence-corrected chi connectivity index (χ3v) is 11.6. The monoisotopic (exact) mass is 830 g/mol. The zero-order valence-electron chi connectivity index (χ0n) is 36.4. The van der Waals surface area contributed by atoms with Crippen molar-refractivity contribution in [2.45, 2.75) is 167 Å². The Bertz CT molecular complexity index is 1630. The van der Waals surface area contributed by atoms with Crippen LogP contribution < -0.4 is 26.0 Å². The Hall–Kier alpha value is -3.81. The number of aromatic nitrogens is 4. The molecule has 2 aromatic heterocycles. The molecule has 14 heteroatoms. The van der Waals surface area contributed by atoms with E-state index in [0.29, 0.717) is 81.1 Å². The smallest absolute Gasteiger partial charge is 0.404 e. The maximum atomic E-state index is 14.3. The van der Waals surface area contributed by atoms with Crippen LogP contribution in [0.5, 0.6) is 5.75 Å². The maximum absolute atomic E-state index is 14.3. The number of nitrogen functional groups attached to an aromatic ring is 1. The molecule has 0 saturated carbocycles. The van der Waals surface area contributed by atoms with Crippen molar-refractivity contribution < 1.29 is 22.7 Å². The van der Waals surface area contributed by atoms with Crippen molar-refractivity contribution in [3.63, 3.8) is 0 Å². The molecule has 1 aliphatic rings. The first kappa shape index (κ1) is 47.9. The van der Waals surface area contributed by atoms with E-state index >= 15 is 0 Å². The Morgan fingerprint density at radius 1 is 0.814 bits per heavy atom. The van der Waals surface area contributed by atoms with Crippen molar-refractivity contribution in [1.82, 2.24) is 30.0 Å². The average Bonchev–Trinajstić information content (AvgIpc) is 3.62. The number of alkyl halides is 3. The number of carbonyl (C=O) groups excluding carboxylic acids is 1. The standard InChI is InChI=1S/C45H74F3N9O2/c1-4-6-8-9-10-11-12-13-14-15-16-17-18-19-20-24-41(58)50-28-22-21-23-40(45(46,47)48)56-31-29-55(30-32-56)37-26-25-36(39(33-37)59-3)34-57-35-38-42(54-57)43(51-27-7-5-2)53-44(49)52-38/h25-26,33,35,40H,4-24,27-32,34H2,1-3H3,(H,50,58)(H3,49,51,52,53). The number of fused-ring (bicyclic) bond motifs is 1. The van der Waals surface area contributed by atoms with Crippen LogP contribution in [0, 0.1) is 0 Å². The number of unbranched alkanes of at least 4 members (excludes halogenated alkanes) is 16. The number of nitrogens with two attached hydrogens (primary N) is 1. The molecule has 4 rings (SSSR count). The first-order chi connectivity index (χ1) is 28.6. The van der Waals surface area contributed by atoms with Gasteiger partial charge in [0.2, 0.25) is 11.9 Å². The highest BCUT2D eigenvalue weighted by Gasteiger charge is 2.43. The highest BCUT2D eigenvalue weighted by molar-refractivity contribution is 5.85. The second-order valence-electron chi connectivity index (χ2n) is 16.4.